The quantitative estimate of drug-likeness (QED) is 0.412. The highest BCUT2D eigenvalue weighted by Crippen LogP contribution is 2.16. The molecule has 0 saturated heterocycles. The van der Waals surface area contributed by atoms with Crippen LogP contribution >= 0.6 is 11.3 Å². The summed E-state index contributed by atoms with van der Waals surface area (Å²) in [7, 11) is 0. The van der Waals surface area contributed by atoms with E-state index in [0.717, 1.165) is 42.4 Å². The maximum absolute atomic E-state index is 4.73. The highest BCUT2D eigenvalue weighted by molar-refractivity contribution is 7.09. The summed E-state index contributed by atoms with van der Waals surface area (Å²) in [5.74, 6) is 2.16. The third-order valence-electron chi connectivity index (χ3n) is 4.13. The highest BCUT2D eigenvalue weighted by Gasteiger charge is 2.07. The standard InChI is InChI=1S/C20H26N6S/c1-3-21-20(22-12-15(2)10-18-8-5-9-27-18)23-13-16-6-4-7-17(11-16)19-24-14-25-26-19/h4-9,11,14-15H,3,10,12-13H2,1-2H3,(H2,21,22,23)(H,24,25,26). The number of aromatic nitrogens is 3. The molecular weight excluding hydrogens is 356 g/mol. The molecule has 1 aromatic carbocycles. The van der Waals surface area contributed by atoms with Crippen molar-refractivity contribution >= 4 is 17.3 Å². The number of hydrogen-bond donors (Lipinski definition) is 3. The molecule has 0 aliphatic carbocycles. The molecule has 0 aliphatic heterocycles. The van der Waals surface area contributed by atoms with Crippen molar-refractivity contribution in [3.8, 4) is 11.4 Å². The van der Waals surface area contributed by atoms with E-state index in [9.17, 15) is 0 Å². The lowest BCUT2D eigenvalue weighted by atomic mass is 10.1. The molecule has 0 radical (unpaired) electrons. The number of guanidine groups is 1. The van der Waals surface area contributed by atoms with Crippen molar-refractivity contribution in [3.63, 3.8) is 0 Å². The molecule has 3 N–H and O–H groups in total. The molecule has 0 spiro atoms. The summed E-state index contributed by atoms with van der Waals surface area (Å²) >= 11 is 1.82. The van der Waals surface area contributed by atoms with E-state index in [1.165, 1.54) is 11.2 Å². The Labute approximate surface area is 164 Å². The predicted octanol–water partition coefficient (Wildman–Crippen LogP) is 3.47. The van der Waals surface area contributed by atoms with Crippen molar-refractivity contribution in [2.24, 2.45) is 10.9 Å². The lowest BCUT2D eigenvalue weighted by Gasteiger charge is -2.15. The molecule has 2 aromatic heterocycles. The van der Waals surface area contributed by atoms with Crippen LogP contribution in [-0.4, -0.2) is 34.2 Å². The van der Waals surface area contributed by atoms with Gasteiger partial charge in [0, 0.05) is 23.5 Å². The van der Waals surface area contributed by atoms with Gasteiger partial charge in [-0.05, 0) is 42.3 Å². The number of thiophene rings is 1. The summed E-state index contributed by atoms with van der Waals surface area (Å²) in [5.41, 5.74) is 2.15. The Kier molecular flexibility index (Phi) is 6.98. The first kappa shape index (κ1) is 19.1. The van der Waals surface area contributed by atoms with Crippen LogP contribution < -0.4 is 10.6 Å². The van der Waals surface area contributed by atoms with E-state index < -0.39 is 0 Å². The van der Waals surface area contributed by atoms with Crippen LogP contribution in [0.5, 0.6) is 0 Å². The van der Waals surface area contributed by atoms with E-state index in [4.69, 9.17) is 4.99 Å². The Morgan fingerprint density at radius 2 is 2.19 bits per heavy atom. The predicted molar refractivity (Wildman–Crippen MR) is 112 cm³/mol. The van der Waals surface area contributed by atoms with Crippen LogP contribution in [0, 0.1) is 5.92 Å². The largest absolute Gasteiger partial charge is 0.357 e. The second kappa shape index (κ2) is 9.87. The summed E-state index contributed by atoms with van der Waals surface area (Å²) in [6.07, 6.45) is 2.61. The van der Waals surface area contributed by atoms with Crippen molar-refractivity contribution in [1.82, 2.24) is 25.8 Å². The van der Waals surface area contributed by atoms with E-state index >= 15 is 0 Å². The van der Waals surface area contributed by atoms with Gasteiger partial charge in [-0.3, -0.25) is 5.10 Å². The molecule has 0 saturated carbocycles. The second-order valence-corrected chi connectivity index (χ2v) is 7.53. The molecule has 3 rings (SSSR count). The van der Waals surface area contributed by atoms with Crippen molar-refractivity contribution < 1.29 is 0 Å². The van der Waals surface area contributed by atoms with E-state index in [0.29, 0.717) is 12.5 Å². The first-order valence-electron chi connectivity index (χ1n) is 9.24. The number of nitrogens with zero attached hydrogens (tertiary/aromatic N) is 3. The van der Waals surface area contributed by atoms with Crippen molar-refractivity contribution in [3.05, 3.63) is 58.5 Å². The number of rotatable bonds is 8. The molecule has 27 heavy (non-hydrogen) atoms. The first-order chi connectivity index (χ1) is 13.2. The summed E-state index contributed by atoms with van der Waals surface area (Å²) < 4.78 is 0. The van der Waals surface area contributed by atoms with E-state index in [1.807, 2.05) is 23.5 Å². The van der Waals surface area contributed by atoms with Gasteiger partial charge in [0.2, 0.25) is 0 Å². The van der Waals surface area contributed by atoms with Crippen LogP contribution in [0.4, 0.5) is 0 Å². The number of H-pyrrole nitrogens is 1. The van der Waals surface area contributed by atoms with Gasteiger partial charge >= 0.3 is 0 Å². The van der Waals surface area contributed by atoms with E-state index in [1.54, 1.807) is 0 Å². The number of nitrogens with one attached hydrogen (secondary N) is 3. The Hall–Kier alpha value is -2.67. The zero-order valence-electron chi connectivity index (χ0n) is 15.8. The molecule has 0 fully saturated rings. The van der Waals surface area contributed by atoms with Gasteiger partial charge in [0.1, 0.15) is 6.33 Å². The van der Waals surface area contributed by atoms with Crippen LogP contribution in [0.2, 0.25) is 0 Å². The molecule has 1 atom stereocenters. The molecule has 0 aliphatic rings. The number of aliphatic imine (C=N–C) groups is 1. The lowest BCUT2D eigenvalue weighted by Crippen LogP contribution is -2.39. The van der Waals surface area contributed by atoms with Gasteiger partial charge in [-0.25, -0.2) is 9.98 Å². The van der Waals surface area contributed by atoms with Gasteiger partial charge < -0.3 is 10.6 Å². The van der Waals surface area contributed by atoms with Crippen LogP contribution in [0.1, 0.15) is 24.3 Å². The van der Waals surface area contributed by atoms with Gasteiger partial charge in [0.25, 0.3) is 0 Å². The van der Waals surface area contributed by atoms with Crippen LogP contribution in [0.3, 0.4) is 0 Å². The fraction of sp³-hybridized carbons (Fsp3) is 0.350. The number of aromatic amines is 1. The molecule has 0 amide bonds. The Balaban J connectivity index is 1.57. The van der Waals surface area contributed by atoms with Gasteiger partial charge in [0.05, 0.1) is 6.54 Å². The molecule has 1 unspecified atom stereocenters. The Morgan fingerprint density at radius 3 is 2.93 bits per heavy atom. The molecule has 142 valence electrons. The Bertz CT molecular complexity index is 826. The van der Waals surface area contributed by atoms with Crippen molar-refractivity contribution in [2.75, 3.05) is 13.1 Å². The SMILES string of the molecule is CCNC(=NCc1cccc(-c2ncn[nH]2)c1)NCC(C)Cc1cccs1. The van der Waals surface area contributed by atoms with Crippen LogP contribution in [0.25, 0.3) is 11.4 Å². The van der Waals surface area contributed by atoms with Gasteiger partial charge in [-0.15, -0.1) is 11.3 Å². The minimum absolute atomic E-state index is 0.544. The minimum atomic E-state index is 0.544. The van der Waals surface area contributed by atoms with Crippen molar-refractivity contribution in [2.45, 2.75) is 26.8 Å². The van der Waals surface area contributed by atoms with E-state index in [2.05, 4.69) is 69.3 Å². The minimum Gasteiger partial charge on any atom is -0.357 e. The zero-order valence-corrected chi connectivity index (χ0v) is 16.6. The molecular formula is C20H26N6S. The van der Waals surface area contributed by atoms with Gasteiger partial charge in [-0.1, -0.05) is 31.2 Å². The lowest BCUT2D eigenvalue weighted by molar-refractivity contribution is 0.562. The second-order valence-electron chi connectivity index (χ2n) is 6.50. The number of benzene rings is 1. The van der Waals surface area contributed by atoms with E-state index in [-0.39, 0.29) is 0 Å². The summed E-state index contributed by atoms with van der Waals surface area (Å²) in [6, 6.07) is 12.5. The highest BCUT2D eigenvalue weighted by atomic mass is 32.1. The third-order valence-corrected chi connectivity index (χ3v) is 5.03. The monoisotopic (exact) mass is 382 g/mol. The average Bonchev–Trinajstić information content (AvgIpc) is 3.38. The molecule has 3 aromatic rings. The third kappa shape index (κ3) is 5.92. The normalized spacial score (nSPS) is 12.7. The molecule has 2 heterocycles. The average molecular weight is 383 g/mol. The van der Waals surface area contributed by atoms with Gasteiger partial charge in [0.15, 0.2) is 11.8 Å². The smallest absolute Gasteiger partial charge is 0.191 e. The topological polar surface area (TPSA) is 78.0 Å². The zero-order chi connectivity index (χ0) is 18.9. The van der Waals surface area contributed by atoms with Crippen LogP contribution in [-0.2, 0) is 13.0 Å². The summed E-state index contributed by atoms with van der Waals surface area (Å²) in [4.78, 5) is 10.4. The summed E-state index contributed by atoms with van der Waals surface area (Å²) in [5, 5.41) is 15.7. The summed E-state index contributed by atoms with van der Waals surface area (Å²) in [6.45, 7) is 6.68. The fourth-order valence-electron chi connectivity index (χ4n) is 2.79. The maximum Gasteiger partial charge on any atom is 0.191 e. The molecule has 6 nitrogen and oxygen atoms in total. The maximum atomic E-state index is 4.73. The first-order valence-corrected chi connectivity index (χ1v) is 10.1. The van der Waals surface area contributed by atoms with Gasteiger partial charge in [-0.2, -0.15) is 5.10 Å². The fourth-order valence-corrected chi connectivity index (χ4v) is 3.66. The number of hydrogen-bond acceptors (Lipinski definition) is 4. The Morgan fingerprint density at radius 1 is 1.26 bits per heavy atom. The molecule has 0 bridgehead atoms. The molecule has 7 heteroatoms. The van der Waals surface area contributed by atoms with Crippen molar-refractivity contribution in [1.29, 1.82) is 0 Å². The van der Waals surface area contributed by atoms with Crippen LogP contribution in [0.15, 0.2) is 53.1 Å².